The first-order valence-electron chi connectivity index (χ1n) is 37.5. The van der Waals surface area contributed by atoms with Gasteiger partial charge in [0, 0.05) is 28.8 Å². The molecule has 6 bridgehead atoms. The molecule has 2 saturated heterocycles. The number of carbonyl (C=O) groups is 11. The summed E-state index contributed by atoms with van der Waals surface area (Å²) in [6.07, 6.45) is -28.7. The van der Waals surface area contributed by atoms with Gasteiger partial charge in [-0.1, -0.05) is 0 Å². The lowest BCUT2D eigenvalue weighted by atomic mass is 9.70. The first kappa shape index (κ1) is 91.2. The third kappa shape index (κ3) is 15.5. The first-order chi connectivity index (χ1) is 63.4. The smallest absolute Gasteiger partial charge is 0.342 e. The van der Waals surface area contributed by atoms with Crippen LogP contribution in [0.3, 0.4) is 0 Å². The highest BCUT2D eigenvalue weighted by Crippen LogP contribution is 2.61. The van der Waals surface area contributed by atoms with Crippen molar-refractivity contribution in [1.82, 2.24) is 0 Å². The van der Waals surface area contributed by atoms with Crippen molar-refractivity contribution in [3.05, 3.63) is 152 Å². The van der Waals surface area contributed by atoms with E-state index in [0.717, 1.165) is 0 Å². The Morgan fingerprint density at radius 2 is 0.748 bits per heavy atom. The highest BCUT2D eigenvalue weighted by molar-refractivity contribution is 6.11. The molecule has 53 nitrogen and oxygen atoms in total. The molecule has 0 unspecified atom stereocenters. The maximum Gasteiger partial charge on any atom is 0.342 e. The number of aromatic hydroxyl groups is 25. The summed E-state index contributed by atoms with van der Waals surface area (Å²) in [5.74, 6) is -74.8. The molecule has 0 radical (unpaired) electrons. The minimum absolute atomic E-state index is 0.0421. The Labute approximate surface area is 741 Å². The SMILES string of the molecule is O=C1O[C@H]2[C@H]3OC(=O)c4cc(O)c(O)c(O)c4-c4c(cc(Oc5c(C(=O)O[C@H]6[C@H](OC(=O)c7cc(O)c(O)c(O)c7)O[C@H](COC(=O)c7cc(O)c(O)c(O)c7)[C@@H](OC(=O)c7cc(O)c(O)c(O)c7)[C@@H]6OC(=O)c6cc(O)c(O)c(O)c6)cc(O)c(O)c5O)c(O)c4O)C(=O)OC[C@H]2O[C@@H](OC(=O)c2cc(O)c(O)c(O)c2)[C@@H]3OC(=O)c2cc(O)c(O)c3c2[C@@H]2C1=CC(=O)[C@](O)(O3)C2(O)O. The molecule has 9 aromatic rings. The number of ketones is 1. The number of phenols is 25. The van der Waals surface area contributed by atoms with Gasteiger partial charge in [0.25, 0.3) is 5.79 Å². The minimum Gasteiger partial charge on any atom is -0.504 e. The van der Waals surface area contributed by atoms with E-state index in [1.54, 1.807) is 0 Å². The summed E-state index contributed by atoms with van der Waals surface area (Å²) in [4.78, 5) is 163. The van der Waals surface area contributed by atoms with Crippen LogP contribution in [0, 0.1) is 0 Å². The summed E-state index contributed by atoms with van der Waals surface area (Å²) in [6.45, 7) is -3.29. The molecule has 53 heteroatoms. The number of ether oxygens (including phenoxy) is 14. The molecule has 6 aliphatic rings. The molecule has 2 fully saturated rings. The van der Waals surface area contributed by atoms with Gasteiger partial charge in [0.15, 0.2) is 157 Å². The summed E-state index contributed by atoms with van der Waals surface area (Å²) < 4.78 is 79.7. The number of cyclic esters (lactones) is 1. The van der Waals surface area contributed by atoms with Crippen LogP contribution in [0.15, 0.2) is 96.6 Å². The molecular weight excluding hydrogens is 1830 g/mol. The van der Waals surface area contributed by atoms with Crippen LogP contribution in [0.25, 0.3) is 11.1 Å². The van der Waals surface area contributed by atoms with E-state index >= 15 is 24.0 Å². The van der Waals surface area contributed by atoms with E-state index in [1.807, 2.05) is 0 Å². The fraction of sp³-hybridized carbons (Fsp3) is 0.183. The fourth-order valence-corrected chi connectivity index (χ4v) is 14.7. The van der Waals surface area contributed by atoms with Gasteiger partial charge in [-0.25, -0.2) is 47.9 Å². The summed E-state index contributed by atoms with van der Waals surface area (Å²) in [6, 6.07) is 4.58. The maximum atomic E-state index is 15.7. The van der Waals surface area contributed by atoms with Crippen molar-refractivity contribution in [2.24, 2.45) is 0 Å². The van der Waals surface area contributed by atoms with E-state index in [-0.39, 0.29) is 30.3 Å². The van der Waals surface area contributed by atoms with Gasteiger partial charge in [-0.2, -0.15) is 0 Å². The van der Waals surface area contributed by atoms with Crippen LogP contribution >= 0.6 is 0 Å². The van der Waals surface area contributed by atoms with Crippen LogP contribution in [0.2, 0.25) is 0 Å². The Morgan fingerprint density at radius 1 is 0.356 bits per heavy atom. The van der Waals surface area contributed by atoms with Crippen molar-refractivity contribution in [3.63, 3.8) is 0 Å². The lowest BCUT2D eigenvalue weighted by Crippen LogP contribution is -2.70. The zero-order valence-electron chi connectivity index (χ0n) is 66.2. The third-order valence-corrected chi connectivity index (χ3v) is 21.3. The number of fused-ring (bicyclic) bond motifs is 4. The molecular formula is C82H58O53. The summed E-state index contributed by atoms with van der Waals surface area (Å²) in [7, 11) is 0. The van der Waals surface area contributed by atoms with E-state index in [1.165, 1.54) is 0 Å². The molecule has 0 amide bonds. The molecule has 28 N–H and O–H groups in total. The molecule has 135 heavy (non-hydrogen) atoms. The molecule has 9 aromatic carbocycles. The van der Waals surface area contributed by atoms with Gasteiger partial charge in [-0.05, 0) is 78.9 Å². The molecule has 5 aliphatic heterocycles. The van der Waals surface area contributed by atoms with Crippen molar-refractivity contribution >= 4 is 65.5 Å². The van der Waals surface area contributed by atoms with Crippen LogP contribution < -0.4 is 9.47 Å². The van der Waals surface area contributed by atoms with Gasteiger partial charge in [0.2, 0.25) is 59.3 Å². The van der Waals surface area contributed by atoms with E-state index in [9.17, 15) is 172 Å². The Bertz CT molecular complexity index is 6630. The van der Waals surface area contributed by atoms with Crippen molar-refractivity contribution in [1.29, 1.82) is 0 Å². The lowest BCUT2D eigenvalue weighted by molar-refractivity contribution is -0.339. The number of phenolic OH excluding ortho intramolecular Hbond substituents is 25. The third-order valence-electron chi connectivity index (χ3n) is 21.3. The number of benzene rings is 9. The predicted molar refractivity (Wildman–Crippen MR) is 412 cm³/mol. The molecule has 0 spiro atoms. The van der Waals surface area contributed by atoms with Gasteiger partial charge in [0.05, 0.1) is 56.0 Å². The molecule has 0 aromatic heterocycles. The van der Waals surface area contributed by atoms with Gasteiger partial charge < -0.3 is 209 Å². The average Bonchev–Trinajstić information content (AvgIpc) is 1.32. The molecule has 1 aliphatic carbocycles. The van der Waals surface area contributed by atoms with Crippen molar-refractivity contribution < 1.29 is 262 Å². The van der Waals surface area contributed by atoms with E-state index in [4.69, 9.17) is 66.3 Å². The van der Waals surface area contributed by atoms with Crippen molar-refractivity contribution in [3.8, 4) is 172 Å². The molecule has 0 saturated carbocycles. The quantitative estimate of drug-likeness (QED) is 0.0294. The Balaban J connectivity index is 0.874. The van der Waals surface area contributed by atoms with Gasteiger partial charge in [-0.15, -0.1) is 0 Å². The van der Waals surface area contributed by atoms with E-state index in [0.29, 0.717) is 60.7 Å². The van der Waals surface area contributed by atoms with Gasteiger partial charge in [-0.3, -0.25) is 4.79 Å². The van der Waals surface area contributed by atoms with E-state index < -0.39 is 391 Å². The van der Waals surface area contributed by atoms with Gasteiger partial charge >= 0.3 is 65.5 Å². The van der Waals surface area contributed by atoms with Crippen LogP contribution in [0.1, 0.15) is 105 Å². The standard InChI is InChI=1S/C82H58O53/c83-28-1-18(2-29(84)49(28)97)69(109)122-16-42-62(127-70(110)19-3-30(85)50(98)31(86)4-19)65(129-71(111)20-5-32(87)51(99)33(88)6-20)67(79(125-42)133-72(112)21-7-34(89)52(100)35(90)8-21)132-78(118)27-13-39(94)55(103)60(108)61(27)124-41-14-25-46(59(107)57(41)105)45-23(11-38(93)54(102)58(45)106)75(115)130-66-63-43(17-123-74(25)114)126-80(134-73(113)22-9-36(91)53(101)37(92)10-22)68(66)131-76(116)24-12-40(95)56(104)64-47(24)48-26(77(117)128-63)15-44(96)82(121,135-64)81(48,119)120/h1-15,42-43,48,62-63,65-68,79-80,83-95,97-108,119-121H,16-17H2/t42-,43-,48+,62-,63-,65+,66-,67-,68-,79+,80+,82+/m1/s1. The second kappa shape index (κ2) is 33.2. The number of hydrogen-bond acceptors (Lipinski definition) is 53. The van der Waals surface area contributed by atoms with Crippen molar-refractivity contribution in [2.75, 3.05) is 13.2 Å². The number of carbonyl (C=O) groups excluding carboxylic acids is 11. The van der Waals surface area contributed by atoms with Crippen LogP contribution in [-0.2, 0) is 66.4 Å². The Hall–Kier alpha value is -18.5. The average molecular weight is 1890 g/mol. The topological polar surface area (TPSA) is 883 Å². The predicted octanol–water partition coefficient (Wildman–Crippen LogP) is 0.985. The van der Waals surface area contributed by atoms with Gasteiger partial charge in [0.1, 0.15) is 31.0 Å². The second-order valence-corrected chi connectivity index (χ2v) is 29.6. The molecule has 5 heterocycles. The zero-order valence-corrected chi connectivity index (χ0v) is 66.2. The fourth-order valence-electron chi connectivity index (χ4n) is 14.7. The summed E-state index contributed by atoms with van der Waals surface area (Å²) in [5, 5.41) is 307. The Morgan fingerprint density at radius 3 is 1.25 bits per heavy atom. The molecule has 12 atom stereocenters. The Kier molecular flexibility index (Phi) is 22.4. The van der Waals surface area contributed by atoms with Crippen molar-refractivity contribution in [2.45, 2.75) is 78.9 Å². The normalized spacial score (nSPS) is 21.8. The number of esters is 10. The highest BCUT2D eigenvalue weighted by atomic mass is 16.8. The zero-order chi connectivity index (χ0) is 98.3. The van der Waals surface area contributed by atoms with E-state index in [2.05, 4.69) is 0 Å². The molecule has 704 valence electrons. The summed E-state index contributed by atoms with van der Waals surface area (Å²) in [5.41, 5.74) is -16.7. The largest absolute Gasteiger partial charge is 0.504 e. The number of hydrogen-bond donors (Lipinski definition) is 28. The number of rotatable bonds is 15. The summed E-state index contributed by atoms with van der Waals surface area (Å²) >= 11 is 0. The number of aliphatic hydroxyl groups is 3. The first-order valence-corrected chi connectivity index (χ1v) is 37.5. The molecule has 15 rings (SSSR count). The van der Waals surface area contributed by atoms with Crippen LogP contribution in [0.4, 0.5) is 0 Å². The second-order valence-electron chi connectivity index (χ2n) is 29.6. The van der Waals surface area contributed by atoms with Crippen LogP contribution in [0.5, 0.6) is 161 Å². The maximum absolute atomic E-state index is 15.7. The van der Waals surface area contributed by atoms with Crippen LogP contribution in [-0.4, -0.2) is 295 Å². The highest BCUT2D eigenvalue weighted by Gasteiger charge is 2.71. The monoisotopic (exact) mass is 1890 g/mol. The minimum atomic E-state index is -4.21. The lowest BCUT2D eigenvalue weighted by Gasteiger charge is -2.49.